The second kappa shape index (κ2) is 11.1. The van der Waals surface area contributed by atoms with Gasteiger partial charge in [0.2, 0.25) is 5.60 Å². The highest BCUT2D eigenvalue weighted by Gasteiger charge is 2.55. The molecule has 0 aromatic rings. The van der Waals surface area contributed by atoms with Crippen LogP contribution in [0.5, 0.6) is 0 Å². The van der Waals surface area contributed by atoms with E-state index in [2.05, 4.69) is 6.92 Å². The summed E-state index contributed by atoms with van der Waals surface area (Å²) in [4.78, 5) is 35.2. The Hall–Kier alpha value is -1.69. The average molecular weight is 368 g/mol. The second-order valence-electron chi connectivity index (χ2n) is 6.92. The first-order valence-electron chi connectivity index (χ1n) is 9.60. The van der Waals surface area contributed by atoms with E-state index in [9.17, 15) is 19.5 Å². The number of hydrogen-bond acceptors (Lipinski definition) is 6. The minimum Gasteiger partial charge on any atom is -0.455 e. The summed E-state index contributed by atoms with van der Waals surface area (Å²) in [5.41, 5.74) is -2.04. The zero-order valence-corrected chi connectivity index (χ0v) is 16.2. The van der Waals surface area contributed by atoms with Crippen LogP contribution < -0.4 is 0 Å². The lowest BCUT2D eigenvalue weighted by Crippen LogP contribution is -2.56. The Morgan fingerprint density at radius 3 is 1.69 bits per heavy atom. The zero-order valence-electron chi connectivity index (χ0n) is 16.2. The first-order chi connectivity index (χ1) is 12.3. The highest BCUT2D eigenvalue weighted by Crippen LogP contribution is 2.32. The predicted octanol–water partition coefficient (Wildman–Crippen LogP) is 3.25. The Labute approximate surface area is 155 Å². The predicted molar refractivity (Wildman–Crippen MR) is 97.4 cm³/mol. The van der Waals surface area contributed by atoms with Gasteiger partial charge in [0.05, 0.1) is 0 Å². The van der Waals surface area contributed by atoms with Crippen molar-refractivity contribution in [3.63, 3.8) is 0 Å². The maximum absolute atomic E-state index is 12.7. The number of carbonyl (C=O) groups is 3. The van der Waals surface area contributed by atoms with Crippen molar-refractivity contribution in [2.24, 2.45) is 0 Å². The van der Waals surface area contributed by atoms with Gasteiger partial charge >= 0.3 is 11.9 Å². The lowest BCUT2D eigenvalue weighted by molar-refractivity contribution is -0.180. The quantitative estimate of drug-likeness (QED) is 0.323. The van der Waals surface area contributed by atoms with E-state index in [-0.39, 0.29) is 6.42 Å². The second-order valence-corrected chi connectivity index (χ2v) is 6.92. The maximum Gasteiger partial charge on any atom is 0.303 e. The molecule has 0 radical (unpaired) electrons. The van der Waals surface area contributed by atoms with Gasteiger partial charge in [-0.15, -0.1) is 0 Å². The van der Waals surface area contributed by atoms with Gasteiger partial charge in [-0.2, -0.15) is 0 Å². The number of ketones is 1. The molecule has 148 valence electrons. The van der Waals surface area contributed by atoms with Crippen LogP contribution in [0.4, 0.5) is 0 Å². The number of ether oxygens (including phenoxy) is 2. The Bertz CT molecular complexity index is 484. The first kappa shape index (κ1) is 22.4. The SMILES string of the molecule is CCCCCCCCCCC(=O)C1(O)C(OC(C)=O)C=CC1OC(C)=O. The number of unbranched alkanes of at least 4 members (excludes halogenated alkanes) is 7. The summed E-state index contributed by atoms with van der Waals surface area (Å²) >= 11 is 0. The Morgan fingerprint density at radius 1 is 0.846 bits per heavy atom. The van der Waals surface area contributed by atoms with Crippen molar-refractivity contribution in [2.75, 3.05) is 0 Å². The molecule has 0 saturated carbocycles. The molecule has 1 aliphatic rings. The average Bonchev–Trinajstić information content (AvgIpc) is 2.86. The van der Waals surface area contributed by atoms with Crippen molar-refractivity contribution in [3.8, 4) is 0 Å². The minimum absolute atomic E-state index is 0.155. The molecule has 0 aromatic heterocycles. The van der Waals surface area contributed by atoms with Crippen molar-refractivity contribution < 1.29 is 29.0 Å². The van der Waals surface area contributed by atoms with Crippen LogP contribution in [0.3, 0.4) is 0 Å². The number of Topliss-reactive ketones (excluding diaryl/α,β-unsaturated/α-hetero) is 1. The van der Waals surface area contributed by atoms with Crippen LogP contribution in [0, 0.1) is 0 Å². The lowest BCUT2D eigenvalue weighted by atomic mass is 9.87. The number of aliphatic hydroxyl groups is 1. The lowest BCUT2D eigenvalue weighted by Gasteiger charge is -2.32. The highest BCUT2D eigenvalue weighted by molar-refractivity contribution is 5.90. The van der Waals surface area contributed by atoms with Gasteiger partial charge in [-0.05, 0) is 18.6 Å². The molecule has 0 spiro atoms. The smallest absolute Gasteiger partial charge is 0.303 e. The van der Waals surface area contributed by atoms with E-state index in [1.165, 1.54) is 51.7 Å². The highest BCUT2D eigenvalue weighted by atomic mass is 16.6. The number of hydrogen-bond donors (Lipinski definition) is 1. The van der Waals surface area contributed by atoms with E-state index in [0.717, 1.165) is 19.3 Å². The fourth-order valence-electron chi connectivity index (χ4n) is 3.21. The minimum atomic E-state index is -2.04. The molecule has 1 N–H and O–H groups in total. The molecule has 26 heavy (non-hydrogen) atoms. The van der Waals surface area contributed by atoms with Crippen LogP contribution in [0.25, 0.3) is 0 Å². The van der Waals surface area contributed by atoms with E-state index >= 15 is 0 Å². The largest absolute Gasteiger partial charge is 0.455 e. The van der Waals surface area contributed by atoms with E-state index in [1.54, 1.807) is 0 Å². The molecule has 1 rings (SSSR count). The molecule has 0 aromatic carbocycles. The molecule has 0 aliphatic heterocycles. The van der Waals surface area contributed by atoms with Gasteiger partial charge in [0.1, 0.15) is 0 Å². The number of carbonyl (C=O) groups excluding carboxylic acids is 3. The van der Waals surface area contributed by atoms with Gasteiger partial charge < -0.3 is 14.6 Å². The molecule has 0 bridgehead atoms. The molecule has 2 unspecified atom stereocenters. The van der Waals surface area contributed by atoms with Gasteiger partial charge in [0, 0.05) is 20.3 Å². The summed E-state index contributed by atoms with van der Waals surface area (Å²) in [5.74, 6) is -1.69. The van der Waals surface area contributed by atoms with Crippen molar-refractivity contribution in [2.45, 2.75) is 96.4 Å². The summed E-state index contributed by atoms with van der Waals surface area (Å²) in [6, 6.07) is 0. The summed E-state index contributed by atoms with van der Waals surface area (Å²) in [5, 5.41) is 10.9. The van der Waals surface area contributed by atoms with E-state index in [1.807, 2.05) is 0 Å². The Morgan fingerprint density at radius 2 is 1.27 bits per heavy atom. The summed E-state index contributed by atoms with van der Waals surface area (Å²) < 4.78 is 10.1. The number of rotatable bonds is 12. The fourth-order valence-corrected chi connectivity index (χ4v) is 3.21. The third-order valence-electron chi connectivity index (χ3n) is 4.62. The topological polar surface area (TPSA) is 89.9 Å². The molecule has 0 saturated heterocycles. The van der Waals surface area contributed by atoms with Gasteiger partial charge in [-0.25, -0.2) is 0 Å². The third-order valence-corrected chi connectivity index (χ3v) is 4.62. The molecular weight excluding hydrogens is 336 g/mol. The molecule has 0 fully saturated rings. The van der Waals surface area contributed by atoms with Gasteiger partial charge in [-0.3, -0.25) is 14.4 Å². The van der Waals surface area contributed by atoms with E-state index in [0.29, 0.717) is 6.42 Å². The molecule has 6 nitrogen and oxygen atoms in total. The first-order valence-corrected chi connectivity index (χ1v) is 9.60. The normalized spacial score (nSPS) is 24.5. The van der Waals surface area contributed by atoms with Crippen LogP contribution >= 0.6 is 0 Å². The summed E-state index contributed by atoms with van der Waals surface area (Å²) in [6.45, 7) is 4.59. The molecule has 2 atom stereocenters. The van der Waals surface area contributed by atoms with Gasteiger partial charge in [0.25, 0.3) is 0 Å². The Balaban J connectivity index is 2.54. The molecular formula is C20H32O6. The molecule has 0 heterocycles. The van der Waals surface area contributed by atoms with Crippen LogP contribution in [-0.2, 0) is 23.9 Å². The van der Waals surface area contributed by atoms with E-state index < -0.39 is 35.5 Å². The van der Waals surface area contributed by atoms with E-state index in [4.69, 9.17) is 9.47 Å². The van der Waals surface area contributed by atoms with Crippen molar-refractivity contribution in [1.82, 2.24) is 0 Å². The van der Waals surface area contributed by atoms with Crippen LogP contribution in [0.2, 0.25) is 0 Å². The summed E-state index contributed by atoms with van der Waals surface area (Å²) in [6.07, 6.45) is 9.36. The third kappa shape index (κ3) is 6.56. The molecule has 0 amide bonds. The standard InChI is InChI=1S/C20H32O6/c1-4-5-6-7-8-9-10-11-12-17(23)20(24)18(25-15(2)21)13-14-19(20)26-16(3)22/h13-14,18-19,24H,4-12H2,1-3H3. The van der Waals surface area contributed by atoms with Crippen LogP contribution in [0.15, 0.2) is 12.2 Å². The fraction of sp³-hybridized carbons (Fsp3) is 0.750. The van der Waals surface area contributed by atoms with Crippen molar-refractivity contribution in [1.29, 1.82) is 0 Å². The monoisotopic (exact) mass is 368 g/mol. The Kier molecular flexibility index (Phi) is 9.55. The molecule has 6 heteroatoms. The van der Waals surface area contributed by atoms with Crippen molar-refractivity contribution in [3.05, 3.63) is 12.2 Å². The van der Waals surface area contributed by atoms with Crippen molar-refractivity contribution >= 4 is 17.7 Å². The van der Waals surface area contributed by atoms with Crippen LogP contribution in [0.1, 0.15) is 78.6 Å². The van der Waals surface area contributed by atoms with Gasteiger partial charge in [-0.1, -0.05) is 51.9 Å². The van der Waals surface area contributed by atoms with Gasteiger partial charge in [0.15, 0.2) is 18.0 Å². The zero-order chi connectivity index (χ0) is 19.6. The maximum atomic E-state index is 12.7. The van der Waals surface area contributed by atoms with Crippen LogP contribution in [-0.4, -0.2) is 40.6 Å². The summed E-state index contributed by atoms with van der Waals surface area (Å²) in [7, 11) is 0. The number of esters is 2. The molecule has 1 aliphatic carbocycles.